The molecule has 2 aromatic rings. The Hall–Kier alpha value is -1.32. The molecule has 1 aromatic heterocycles. The second-order valence-corrected chi connectivity index (χ2v) is 3.57. The van der Waals surface area contributed by atoms with Gasteiger partial charge in [0.2, 0.25) is 0 Å². The van der Waals surface area contributed by atoms with E-state index >= 15 is 0 Å². The summed E-state index contributed by atoms with van der Waals surface area (Å²) in [5.74, 6) is 0. The maximum Gasteiger partial charge on any atom is 0.0624 e. The first-order valence-corrected chi connectivity index (χ1v) is 4.66. The quantitative estimate of drug-likeness (QED) is 0.671. The number of aromatic amines is 1. The lowest BCUT2D eigenvalue weighted by Gasteiger charge is -2.09. The highest BCUT2D eigenvalue weighted by atomic mass is 16.3. The van der Waals surface area contributed by atoms with E-state index in [9.17, 15) is 0 Å². The molecule has 0 radical (unpaired) electrons. The van der Waals surface area contributed by atoms with E-state index in [1.807, 2.05) is 31.3 Å². The minimum Gasteiger partial charge on any atom is -0.394 e. The SMILES string of the molecule is Cc1cc(C(N)CO)cc2cc[nH]c12. The molecule has 0 aliphatic heterocycles. The van der Waals surface area contributed by atoms with Gasteiger partial charge in [-0.15, -0.1) is 0 Å². The number of rotatable bonds is 2. The van der Waals surface area contributed by atoms with Gasteiger partial charge in [-0.25, -0.2) is 0 Å². The van der Waals surface area contributed by atoms with E-state index in [4.69, 9.17) is 10.8 Å². The molecule has 1 unspecified atom stereocenters. The minimum absolute atomic E-state index is 0.0185. The minimum atomic E-state index is -0.284. The number of H-pyrrole nitrogens is 1. The number of nitrogens with two attached hydrogens (primary N) is 1. The maximum atomic E-state index is 8.97. The molecule has 2 rings (SSSR count). The first kappa shape index (κ1) is 9.24. The normalized spacial score (nSPS) is 13.4. The number of nitrogens with one attached hydrogen (secondary N) is 1. The summed E-state index contributed by atoms with van der Waals surface area (Å²) in [6.07, 6.45) is 1.91. The van der Waals surface area contributed by atoms with E-state index in [2.05, 4.69) is 4.98 Å². The van der Waals surface area contributed by atoms with E-state index in [0.29, 0.717) is 0 Å². The summed E-state index contributed by atoms with van der Waals surface area (Å²) in [7, 11) is 0. The Bertz CT molecular complexity index is 447. The highest BCUT2D eigenvalue weighted by Crippen LogP contribution is 2.21. The molecule has 0 saturated carbocycles. The van der Waals surface area contributed by atoms with Crippen LogP contribution < -0.4 is 5.73 Å². The van der Waals surface area contributed by atoms with Crippen molar-refractivity contribution in [3.63, 3.8) is 0 Å². The summed E-state index contributed by atoms with van der Waals surface area (Å²) >= 11 is 0. The predicted octanol–water partition coefficient (Wildman–Crippen LogP) is 1.47. The van der Waals surface area contributed by atoms with Crippen LogP contribution in [-0.4, -0.2) is 16.7 Å². The fourth-order valence-corrected chi connectivity index (χ4v) is 1.71. The Labute approximate surface area is 82.6 Å². The van der Waals surface area contributed by atoms with E-state index in [1.165, 1.54) is 0 Å². The van der Waals surface area contributed by atoms with Crippen LogP contribution in [0.5, 0.6) is 0 Å². The summed E-state index contributed by atoms with van der Waals surface area (Å²) in [5, 5.41) is 10.1. The average molecular weight is 190 g/mol. The van der Waals surface area contributed by atoms with Crippen molar-refractivity contribution in [2.75, 3.05) is 6.61 Å². The van der Waals surface area contributed by atoms with Crippen molar-refractivity contribution < 1.29 is 5.11 Å². The molecule has 3 nitrogen and oxygen atoms in total. The summed E-state index contributed by atoms with van der Waals surface area (Å²) in [4.78, 5) is 3.17. The van der Waals surface area contributed by atoms with Crippen LogP contribution in [0.3, 0.4) is 0 Å². The molecule has 0 saturated heterocycles. The first-order chi connectivity index (χ1) is 6.72. The molecule has 0 fully saturated rings. The molecule has 14 heavy (non-hydrogen) atoms. The van der Waals surface area contributed by atoms with Crippen molar-refractivity contribution >= 4 is 10.9 Å². The Balaban J connectivity index is 2.58. The Morgan fingerprint density at radius 1 is 1.50 bits per heavy atom. The fourth-order valence-electron chi connectivity index (χ4n) is 1.71. The van der Waals surface area contributed by atoms with Gasteiger partial charge in [-0.2, -0.15) is 0 Å². The lowest BCUT2D eigenvalue weighted by atomic mass is 10.0. The third-order valence-corrected chi connectivity index (χ3v) is 2.50. The van der Waals surface area contributed by atoms with E-state index in [-0.39, 0.29) is 12.6 Å². The number of aliphatic hydroxyl groups is 1. The summed E-state index contributed by atoms with van der Waals surface area (Å²) < 4.78 is 0. The van der Waals surface area contributed by atoms with Crippen LogP contribution in [0.2, 0.25) is 0 Å². The van der Waals surface area contributed by atoms with Crippen molar-refractivity contribution in [1.29, 1.82) is 0 Å². The molecule has 1 aromatic carbocycles. The molecular formula is C11H14N2O. The topological polar surface area (TPSA) is 62.0 Å². The van der Waals surface area contributed by atoms with Gasteiger partial charge >= 0.3 is 0 Å². The van der Waals surface area contributed by atoms with Crippen LogP contribution >= 0.6 is 0 Å². The molecule has 4 N–H and O–H groups in total. The van der Waals surface area contributed by atoms with Crippen LogP contribution in [-0.2, 0) is 0 Å². The average Bonchev–Trinajstić information content (AvgIpc) is 2.64. The molecule has 0 aliphatic carbocycles. The van der Waals surface area contributed by atoms with Gasteiger partial charge in [0.05, 0.1) is 12.6 Å². The summed E-state index contributed by atoms with van der Waals surface area (Å²) in [6, 6.07) is 5.75. The number of aryl methyl sites for hydroxylation is 1. The number of hydrogen-bond donors (Lipinski definition) is 3. The number of aliphatic hydroxyl groups excluding tert-OH is 1. The molecular weight excluding hydrogens is 176 g/mol. The zero-order valence-electron chi connectivity index (χ0n) is 8.12. The maximum absolute atomic E-state index is 8.97. The fraction of sp³-hybridized carbons (Fsp3) is 0.273. The van der Waals surface area contributed by atoms with Gasteiger partial charge in [0.1, 0.15) is 0 Å². The van der Waals surface area contributed by atoms with Crippen LogP contribution in [0.4, 0.5) is 0 Å². The van der Waals surface area contributed by atoms with Crippen LogP contribution in [0.15, 0.2) is 24.4 Å². The summed E-state index contributed by atoms with van der Waals surface area (Å²) in [6.45, 7) is 2.02. The standard InChI is InChI=1S/C11H14N2O/c1-7-4-9(10(12)6-14)5-8-2-3-13-11(7)8/h2-5,10,13-14H,6,12H2,1H3. The zero-order valence-corrected chi connectivity index (χ0v) is 8.12. The van der Waals surface area contributed by atoms with Crippen molar-refractivity contribution in [2.24, 2.45) is 5.73 Å². The molecule has 0 amide bonds. The predicted molar refractivity (Wildman–Crippen MR) is 57.0 cm³/mol. The second-order valence-electron chi connectivity index (χ2n) is 3.57. The lowest BCUT2D eigenvalue weighted by Crippen LogP contribution is -2.14. The first-order valence-electron chi connectivity index (χ1n) is 4.66. The van der Waals surface area contributed by atoms with Crippen molar-refractivity contribution in [2.45, 2.75) is 13.0 Å². The smallest absolute Gasteiger partial charge is 0.0624 e. The molecule has 0 bridgehead atoms. The Kier molecular flexibility index (Phi) is 2.27. The van der Waals surface area contributed by atoms with Crippen LogP contribution in [0.1, 0.15) is 17.2 Å². The molecule has 74 valence electrons. The van der Waals surface area contributed by atoms with E-state index < -0.39 is 0 Å². The summed E-state index contributed by atoms with van der Waals surface area (Å²) in [5.41, 5.74) is 9.04. The van der Waals surface area contributed by atoms with Gasteiger partial charge in [-0.05, 0) is 35.6 Å². The number of fused-ring (bicyclic) bond motifs is 1. The van der Waals surface area contributed by atoms with Crippen molar-refractivity contribution in [3.8, 4) is 0 Å². The van der Waals surface area contributed by atoms with Gasteiger partial charge in [0.15, 0.2) is 0 Å². The van der Waals surface area contributed by atoms with Crippen molar-refractivity contribution in [3.05, 3.63) is 35.5 Å². The molecule has 0 aliphatic rings. The third kappa shape index (κ3) is 1.41. The third-order valence-electron chi connectivity index (χ3n) is 2.50. The molecule has 1 heterocycles. The van der Waals surface area contributed by atoms with Crippen LogP contribution in [0, 0.1) is 6.92 Å². The van der Waals surface area contributed by atoms with Gasteiger partial charge in [-0.1, -0.05) is 6.07 Å². The monoisotopic (exact) mass is 190 g/mol. The van der Waals surface area contributed by atoms with Gasteiger partial charge in [0, 0.05) is 11.7 Å². The highest BCUT2D eigenvalue weighted by molar-refractivity contribution is 5.83. The largest absolute Gasteiger partial charge is 0.394 e. The highest BCUT2D eigenvalue weighted by Gasteiger charge is 2.07. The molecule has 1 atom stereocenters. The molecule has 3 heteroatoms. The van der Waals surface area contributed by atoms with Crippen LogP contribution in [0.25, 0.3) is 10.9 Å². The number of aromatic nitrogens is 1. The Morgan fingerprint density at radius 2 is 2.29 bits per heavy atom. The Morgan fingerprint density at radius 3 is 3.00 bits per heavy atom. The van der Waals surface area contributed by atoms with E-state index in [1.54, 1.807) is 0 Å². The van der Waals surface area contributed by atoms with Crippen molar-refractivity contribution in [1.82, 2.24) is 4.98 Å². The second kappa shape index (κ2) is 3.44. The number of benzene rings is 1. The van der Waals surface area contributed by atoms with Gasteiger partial charge < -0.3 is 15.8 Å². The molecule has 0 spiro atoms. The number of hydrogen-bond acceptors (Lipinski definition) is 2. The van der Waals surface area contributed by atoms with E-state index in [0.717, 1.165) is 22.0 Å². The van der Waals surface area contributed by atoms with Gasteiger partial charge in [-0.3, -0.25) is 0 Å². The van der Waals surface area contributed by atoms with Gasteiger partial charge in [0.25, 0.3) is 0 Å². The zero-order chi connectivity index (χ0) is 10.1. The lowest BCUT2D eigenvalue weighted by molar-refractivity contribution is 0.268.